The molecule has 9 nitrogen and oxygen atoms in total. The third-order valence-corrected chi connectivity index (χ3v) is 7.89. The summed E-state index contributed by atoms with van der Waals surface area (Å²) in [5, 5.41) is 0.291. The van der Waals surface area contributed by atoms with Gasteiger partial charge in [0.15, 0.2) is 0 Å². The fourth-order valence-electron chi connectivity index (χ4n) is 3.03. The molecule has 0 bridgehead atoms. The molecule has 12 heteroatoms. The molecule has 0 saturated heterocycles. The number of halogens is 1. The summed E-state index contributed by atoms with van der Waals surface area (Å²) in [5.74, 6) is -1.04. The van der Waals surface area contributed by atoms with Crippen LogP contribution in [0.4, 0.5) is 0 Å². The third-order valence-electron chi connectivity index (χ3n) is 4.47. The van der Waals surface area contributed by atoms with E-state index >= 15 is 0 Å². The smallest absolute Gasteiger partial charge is 0.266 e. The Morgan fingerprint density at radius 1 is 1.00 bits per heavy atom. The Hall–Kier alpha value is -2.25. The number of nitrogens with one attached hydrogen (secondary N) is 3. The second kappa shape index (κ2) is 9.49. The highest BCUT2D eigenvalue weighted by Gasteiger charge is 2.27. The van der Waals surface area contributed by atoms with E-state index in [1.807, 2.05) is 30.3 Å². The lowest BCUT2D eigenvalue weighted by Crippen LogP contribution is -2.36. The molecule has 5 N–H and O–H groups in total. The number of hydrogen-bond donors (Lipinski definition) is 4. The maximum absolute atomic E-state index is 12.8. The number of carbonyl (C=O) groups excluding carboxylic acids is 1. The molecule has 0 aliphatic carbocycles. The Morgan fingerprint density at radius 3 is 2.35 bits per heavy atom. The molecule has 3 rings (SSSR count). The van der Waals surface area contributed by atoms with Gasteiger partial charge in [-0.1, -0.05) is 46.3 Å². The molecule has 1 amide bonds. The zero-order valence-corrected chi connectivity index (χ0v) is 19.5. The summed E-state index contributed by atoms with van der Waals surface area (Å²) in [5.41, 5.74) is 6.41. The van der Waals surface area contributed by atoms with E-state index in [9.17, 15) is 21.6 Å². The molecule has 0 aliphatic heterocycles. The number of sulfonamides is 2. The number of primary amides is 1. The first kappa shape index (κ1) is 23.4. The van der Waals surface area contributed by atoms with Crippen molar-refractivity contribution in [2.24, 2.45) is 5.73 Å². The Morgan fingerprint density at radius 2 is 1.68 bits per heavy atom. The summed E-state index contributed by atoms with van der Waals surface area (Å²) in [6.07, 6.45) is 0.341. The van der Waals surface area contributed by atoms with Gasteiger partial charge < -0.3 is 10.7 Å². The topological polar surface area (TPSA) is 151 Å². The molecule has 0 unspecified atom stereocenters. The number of aromatic amines is 1. The normalized spacial score (nSPS) is 12.3. The van der Waals surface area contributed by atoms with E-state index in [1.165, 1.54) is 0 Å². The quantitative estimate of drug-likeness (QED) is 0.293. The maximum Gasteiger partial charge on any atom is 0.266 e. The third kappa shape index (κ3) is 5.92. The van der Waals surface area contributed by atoms with Crippen molar-refractivity contribution in [3.05, 3.63) is 64.3 Å². The summed E-state index contributed by atoms with van der Waals surface area (Å²) in [4.78, 5) is 14.2. The minimum atomic E-state index is -4.15. The van der Waals surface area contributed by atoms with Crippen LogP contribution < -0.4 is 15.2 Å². The van der Waals surface area contributed by atoms with Crippen molar-refractivity contribution in [2.75, 3.05) is 18.8 Å². The highest BCUT2D eigenvalue weighted by atomic mass is 79.9. The number of carbonyl (C=O) groups is 1. The summed E-state index contributed by atoms with van der Waals surface area (Å²) >= 11 is 3.27. The van der Waals surface area contributed by atoms with Crippen molar-refractivity contribution in [3.8, 4) is 0 Å². The molecule has 0 saturated carbocycles. The average Bonchev–Trinajstić information content (AvgIpc) is 3.11. The highest BCUT2D eigenvalue weighted by molar-refractivity contribution is 9.10. The van der Waals surface area contributed by atoms with Crippen molar-refractivity contribution in [1.82, 2.24) is 14.4 Å². The van der Waals surface area contributed by atoms with Crippen molar-refractivity contribution in [3.63, 3.8) is 0 Å². The van der Waals surface area contributed by atoms with Gasteiger partial charge in [0.2, 0.25) is 20.0 Å². The molecular formula is C19H21BrN4O5S2. The summed E-state index contributed by atoms with van der Waals surface area (Å²) in [6.45, 7) is -0.347. The predicted octanol–water partition coefficient (Wildman–Crippen LogP) is 1.47. The second-order valence-corrected chi connectivity index (χ2v) is 11.3. The van der Waals surface area contributed by atoms with Crippen LogP contribution in [0, 0.1) is 0 Å². The Balaban J connectivity index is 1.66. The van der Waals surface area contributed by atoms with Crippen LogP contribution in [0.15, 0.2) is 57.9 Å². The van der Waals surface area contributed by atoms with Crippen LogP contribution in [-0.2, 0) is 26.5 Å². The largest absolute Gasteiger partial charge is 0.364 e. The highest BCUT2D eigenvalue weighted by Crippen LogP contribution is 2.29. The molecule has 31 heavy (non-hydrogen) atoms. The molecule has 0 spiro atoms. The van der Waals surface area contributed by atoms with Gasteiger partial charge in [0.25, 0.3) is 5.91 Å². The number of rotatable bonds is 10. The van der Waals surface area contributed by atoms with Gasteiger partial charge in [-0.2, -0.15) is 0 Å². The standard InChI is InChI=1S/C19H21BrN4O5S2/c20-14-6-7-16-15(12-14)18(17(24-16)19(21)25)31(28,29)23-10-9-22-30(26,27)11-8-13-4-2-1-3-5-13/h1-7,12,22-24H,8-11H2,(H2,21,25). The fourth-order valence-corrected chi connectivity index (χ4v) is 5.84. The van der Waals surface area contributed by atoms with Crippen LogP contribution in [0.25, 0.3) is 10.9 Å². The van der Waals surface area contributed by atoms with Gasteiger partial charge in [-0.3, -0.25) is 4.79 Å². The van der Waals surface area contributed by atoms with E-state index in [4.69, 9.17) is 5.73 Å². The van der Waals surface area contributed by atoms with Crippen LogP contribution in [0.2, 0.25) is 0 Å². The first-order valence-corrected chi connectivity index (χ1v) is 13.1. The van der Waals surface area contributed by atoms with E-state index in [2.05, 4.69) is 30.4 Å². The molecule has 3 aromatic rings. The minimum Gasteiger partial charge on any atom is -0.364 e. The molecule has 166 valence electrons. The number of hydrogen-bond acceptors (Lipinski definition) is 5. The van der Waals surface area contributed by atoms with Crippen molar-refractivity contribution in [2.45, 2.75) is 11.3 Å². The Bertz CT molecular complexity index is 1310. The van der Waals surface area contributed by atoms with Gasteiger partial charge in [0.05, 0.1) is 5.75 Å². The first-order chi connectivity index (χ1) is 14.6. The number of aromatic nitrogens is 1. The van der Waals surface area contributed by atoms with E-state index < -0.39 is 26.0 Å². The zero-order chi connectivity index (χ0) is 22.6. The SMILES string of the molecule is NC(=O)c1[nH]c2ccc(Br)cc2c1S(=O)(=O)NCCNS(=O)(=O)CCc1ccccc1. The summed E-state index contributed by atoms with van der Waals surface area (Å²) in [7, 11) is -7.73. The predicted molar refractivity (Wildman–Crippen MR) is 122 cm³/mol. The van der Waals surface area contributed by atoms with Gasteiger partial charge in [0.1, 0.15) is 10.6 Å². The molecule has 0 fully saturated rings. The number of fused-ring (bicyclic) bond motifs is 1. The number of nitrogens with two attached hydrogens (primary N) is 1. The Kier molecular flexibility index (Phi) is 7.17. The van der Waals surface area contributed by atoms with Crippen molar-refractivity contribution >= 4 is 52.8 Å². The van der Waals surface area contributed by atoms with Crippen LogP contribution in [-0.4, -0.2) is 46.6 Å². The van der Waals surface area contributed by atoms with E-state index in [-0.39, 0.29) is 29.4 Å². The number of aryl methyl sites for hydroxylation is 1. The van der Waals surface area contributed by atoms with Gasteiger partial charge in [0, 0.05) is 28.5 Å². The summed E-state index contributed by atoms with van der Waals surface area (Å²) in [6, 6.07) is 14.0. The van der Waals surface area contributed by atoms with Gasteiger partial charge >= 0.3 is 0 Å². The number of H-pyrrole nitrogens is 1. The van der Waals surface area contributed by atoms with Crippen LogP contribution in [0.1, 0.15) is 16.1 Å². The molecule has 0 radical (unpaired) electrons. The second-order valence-electron chi connectivity index (χ2n) is 6.73. The fraction of sp³-hybridized carbons (Fsp3) is 0.211. The van der Waals surface area contributed by atoms with Gasteiger partial charge in [-0.05, 0) is 30.2 Å². The zero-order valence-electron chi connectivity index (χ0n) is 16.3. The monoisotopic (exact) mass is 528 g/mol. The minimum absolute atomic E-state index is 0.119. The van der Waals surface area contributed by atoms with Crippen LogP contribution in [0.5, 0.6) is 0 Å². The molecule has 2 aromatic carbocycles. The lowest BCUT2D eigenvalue weighted by Gasteiger charge is -2.09. The molecule has 0 aliphatic rings. The van der Waals surface area contributed by atoms with E-state index in [0.717, 1.165) is 5.56 Å². The molecule has 1 heterocycles. The van der Waals surface area contributed by atoms with Gasteiger partial charge in [-0.25, -0.2) is 26.3 Å². The first-order valence-electron chi connectivity index (χ1n) is 9.21. The van der Waals surface area contributed by atoms with E-state index in [0.29, 0.717) is 21.8 Å². The van der Waals surface area contributed by atoms with E-state index in [1.54, 1.807) is 18.2 Å². The average molecular weight is 529 g/mol. The molecule has 1 aromatic heterocycles. The Labute approximate surface area is 188 Å². The number of amides is 1. The lowest BCUT2D eigenvalue weighted by molar-refractivity contribution is 0.0993. The lowest BCUT2D eigenvalue weighted by atomic mass is 10.2. The number of benzene rings is 2. The van der Waals surface area contributed by atoms with Crippen LogP contribution >= 0.6 is 15.9 Å². The van der Waals surface area contributed by atoms with Crippen molar-refractivity contribution in [1.29, 1.82) is 0 Å². The van der Waals surface area contributed by atoms with Crippen LogP contribution in [0.3, 0.4) is 0 Å². The van der Waals surface area contributed by atoms with Crippen molar-refractivity contribution < 1.29 is 21.6 Å². The maximum atomic E-state index is 12.8. The molecule has 0 atom stereocenters. The van der Waals surface area contributed by atoms with Gasteiger partial charge in [-0.15, -0.1) is 0 Å². The summed E-state index contributed by atoms with van der Waals surface area (Å²) < 4.78 is 55.3. The molecular weight excluding hydrogens is 508 g/mol.